The van der Waals surface area contributed by atoms with Crippen molar-refractivity contribution in [2.45, 2.75) is 12.6 Å². The van der Waals surface area contributed by atoms with E-state index in [1.54, 1.807) is 33.9 Å². The SMILES string of the molecule is Cn1cccc1C(=O)N1CC(N(Cc2ccccn2)S(C)(=O)=O)C1. The summed E-state index contributed by atoms with van der Waals surface area (Å²) in [6.07, 6.45) is 4.65. The summed E-state index contributed by atoms with van der Waals surface area (Å²) >= 11 is 0. The van der Waals surface area contributed by atoms with Gasteiger partial charge in [-0.1, -0.05) is 6.07 Å². The summed E-state index contributed by atoms with van der Waals surface area (Å²) in [6, 6.07) is 8.77. The minimum absolute atomic E-state index is 0.0787. The number of aromatic nitrogens is 2. The van der Waals surface area contributed by atoms with Crippen LogP contribution in [0.3, 0.4) is 0 Å². The van der Waals surface area contributed by atoms with Crippen LogP contribution in [0, 0.1) is 0 Å². The molecule has 0 aliphatic carbocycles. The maximum absolute atomic E-state index is 12.4. The summed E-state index contributed by atoms with van der Waals surface area (Å²) in [6.45, 7) is 1.00. The standard InChI is InChI=1S/C16H20N4O3S/c1-18-9-5-7-15(18)16(21)19-11-14(12-19)20(24(2,22)23)10-13-6-3-4-8-17-13/h3-9,14H,10-12H2,1-2H3. The van der Waals surface area contributed by atoms with Crippen LogP contribution in [0.2, 0.25) is 0 Å². The number of likely N-dealkylation sites (tertiary alicyclic amines) is 1. The van der Waals surface area contributed by atoms with Crippen LogP contribution in [0.4, 0.5) is 0 Å². The molecule has 3 rings (SSSR count). The lowest BCUT2D eigenvalue weighted by Crippen LogP contribution is -2.62. The van der Waals surface area contributed by atoms with Gasteiger partial charge in [-0.15, -0.1) is 0 Å². The fourth-order valence-corrected chi connectivity index (χ4v) is 3.86. The van der Waals surface area contributed by atoms with Gasteiger partial charge in [-0.25, -0.2) is 8.42 Å². The van der Waals surface area contributed by atoms with Crippen molar-refractivity contribution in [2.24, 2.45) is 7.05 Å². The number of carbonyl (C=O) groups excluding carboxylic acids is 1. The Kier molecular flexibility index (Phi) is 4.42. The Morgan fingerprint density at radius 1 is 1.29 bits per heavy atom. The molecule has 0 unspecified atom stereocenters. The molecular weight excluding hydrogens is 328 g/mol. The molecule has 1 amide bonds. The van der Waals surface area contributed by atoms with Gasteiger partial charge in [0.25, 0.3) is 5.91 Å². The van der Waals surface area contributed by atoms with Crippen molar-refractivity contribution in [1.82, 2.24) is 18.8 Å². The Bertz CT molecular complexity index is 826. The van der Waals surface area contributed by atoms with Gasteiger partial charge in [0.05, 0.1) is 24.5 Å². The maximum Gasteiger partial charge on any atom is 0.270 e. The number of hydrogen-bond donors (Lipinski definition) is 0. The number of rotatable bonds is 5. The topological polar surface area (TPSA) is 75.5 Å². The van der Waals surface area contributed by atoms with E-state index < -0.39 is 10.0 Å². The van der Waals surface area contributed by atoms with Crippen LogP contribution in [-0.4, -0.2) is 58.5 Å². The zero-order valence-corrected chi connectivity index (χ0v) is 14.5. The quantitative estimate of drug-likeness (QED) is 0.797. The Hall–Kier alpha value is -2.19. The van der Waals surface area contributed by atoms with Crippen LogP contribution in [0.1, 0.15) is 16.2 Å². The molecule has 1 aliphatic heterocycles. The highest BCUT2D eigenvalue weighted by Gasteiger charge is 2.39. The molecule has 7 nitrogen and oxygen atoms in total. The molecule has 0 saturated carbocycles. The lowest BCUT2D eigenvalue weighted by molar-refractivity contribution is 0.0433. The molecule has 0 aromatic carbocycles. The van der Waals surface area contributed by atoms with Crippen molar-refractivity contribution in [3.05, 3.63) is 54.1 Å². The van der Waals surface area contributed by atoms with Gasteiger partial charge < -0.3 is 9.47 Å². The molecule has 3 heterocycles. The van der Waals surface area contributed by atoms with Crippen molar-refractivity contribution in [1.29, 1.82) is 0 Å². The van der Waals surface area contributed by atoms with Gasteiger partial charge in [0.15, 0.2) is 0 Å². The summed E-state index contributed by atoms with van der Waals surface area (Å²) in [5.74, 6) is -0.0787. The van der Waals surface area contributed by atoms with Crippen molar-refractivity contribution in [3.63, 3.8) is 0 Å². The lowest BCUT2D eigenvalue weighted by Gasteiger charge is -2.44. The van der Waals surface area contributed by atoms with E-state index in [0.717, 1.165) is 0 Å². The predicted octanol–water partition coefficient (Wildman–Crippen LogP) is 0.706. The first-order valence-corrected chi connectivity index (χ1v) is 9.48. The normalized spacial score (nSPS) is 15.5. The molecule has 8 heteroatoms. The lowest BCUT2D eigenvalue weighted by atomic mass is 10.1. The average molecular weight is 348 g/mol. The average Bonchev–Trinajstić information content (AvgIpc) is 2.91. The van der Waals surface area contributed by atoms with E-state index in [1.807, 2.05) is 25.4 Å². The Labute approximate surface area is 141 Å². The van der Waals surface area contributed by atoms with E-state index >= 15 is 0 Å². The summed E-state index contributed by atoms with van der Waals surface area (Å²) in [4.78, 5) is 18.3. The van der Waals surface area contributed by atoms with Gasteiger partial charge >= 0.3 is 0 Å². The molecule has 0 bridgehead atoms. The van der Waals surface area contributed by atoms with Gasteiger partial charge in [0.2, 0.25) is 10.0 Å². The van der Waals surface area contributed by atoms with Crippen LogP contribution < -0.4 is 0 Å². The molecule has 1 saturated heterocycles. The highest BCUT2D eigenvalue weighted by Crippen LogP contribution is 2.22. The third-order valence-electron chi connectivity index (χ3n) is 4.19. The first kappa shape index (κ1) is 16.7. The summed E-state index contributed by atoms with van der Waals surface area (Å²) in [7, 11) is -1.57. The number of amides is 1. The highest BCUT2D eigenvalue weighted by atomic mass is 32.2. The third-order valence-corrected chi connectivity index (χ3v) is 5.47. The number of sulfonamides is 1. The maximum atomic E-state index is 12.4. The molecule has 2 aromatic heterocycles. The van der Waals surface area contributed by atoms with Crippen LogP contribution in [0.25, 0.3) is 0 Å². The number of nitrogens with zero attached hydrogens (tertiary/aromatic N) is 4. The minimum Gasteiger partial charge on any atom is -0.347 e. The zero-order chi connectivity index (χ0) is 17.3. The van der Waals surface area contributed by atoms with Gasteiger partial charge in [-0.3, -0.25) is 9.78 Å². The monoisotopic (exact) mass is 348 g/mol. The highest BCUT2D eigenvalue weighted by molar-refractivity contribution is 7.88. The zero-order valence-electron chi connectivity index (χ0n) is 13.7. The van der Waals surface area contributed by atoms with Gasteiger partial charge in [0, 0.05) is 32.5 Å². The number of carbonyl (C=O) groups is 1. The first-order chi connectivity index (χ1) is 11.4. The van der Waals surface area contributed by atoms with Crippen molar-refractivity contribution < 1.29 is 13.2 Å². The number of pyridine rings is 1. The van der Waals surface area contributed by atoms with E-state index in [2.05, 4.69) is 4.98 Å². The summed E-state index contributed by atoms with van der Waals surface area (Å²) in [5.41, 5.74) is 1.29. The molecule has 1 aliphatic rings. The van der Waals surface area contributed by atoms with E-state index in [1.165, 1.54) is 10.6 Å². The van der Waals surface area contributed by atoms with Crippen molar-refractivity contribution >= 4 is 15.9 Å². The van der Waals surface area contributed by atoms with Gasteiger partial charge in [-0.05, 0) is 24.3 Å². The van der Waals surface area contributed by atoms with Crippen LogP contribution in [0.5, 0.6) is 0 Å². The van der Waals surface area contributed by atoms with E-state index in [0.29, 0.717) is 24.5 Å². The van der Waals surface area contributed by atoms with Crippen molar-refractivity contribution in [3.8, 4) is 0 Å². The number of aryl methyl sites for hydroxylation is 1. The van der Waals surface area contributed by atoms with E-state index in [9.17, 15) is 13.2 Å². The summed E-state index contributed by atoms with van der Waals surface area (Å²) in [5, 5.41) is 0. The predicted molar refractivity (Wildman–Crippen MR) is 89.7 cm³/mol. The summed E-state index contributed by atoms with van der Waals surface area (Å²) < 4.78 is 27.4. The molecular formula is C16H20N4O3S. The van der Waals surface area contributed by atoms with Crippen LogP contribution in [-0.2, 0) is 23.6 Å². The molecule has 2 aromatic rings. The van der Waals surface area contributed by atoms with Crippen molar-refractivity contribution in [2.75, 3.05) is 19.3 Å². The fraction of sp³-hybridized carbons (Fsp3) is 0.375. The molecule has 24 heavy (non-hydrogen) atoms. The van der Waals surface area contributed by atoms with E-state index in [-0.39, 0.29) is 18.5 Å². The fourth-order valence-electron chi connectivity index (χ4n) is 2.82. The molecule has 0 atom stereocenters. The Balaban J connectivity index is 1.69. The van der Waals surface area contributed by atoms with E-state index in [4.69, 9.17) is 0 Å². The molecule has 0 radical (unpaired) electrons. The second-order valence-corrected chi connectivity index (χ2v) is 7.93. The number of hydrogen-bond acceptors (Lipinski definition) is 4. The molecule has 0 N–H and O–H groups in total. The Morgan fingerprint density at radius 2 is 2.04 bits per heavy atom. The Morgan fingerprint density at radius 3 is 2.58 bits per heavy atom. The second kappa shape index (κ2) is 6.37. The van der Waals surface area contributed by atoms with Gasteiger partial charge in [-0.2, -0.15) is 4.31 Å². The van der Waals surface area contributed by atoms with Crippen LogP contribution >= 0.6 is 0 Å². The second-order valence-electron chi connectivity index (χ2n) is 6.00. The molecule has 128 valence electrons. The van der Waals surface area contributed by atoms with Crippen LogP contribution in [0.15, 0.2) is 42.7 Å². The minimum atomic E-state index is -3.38. The smallest absolute Gasteiger partial charge is 0.270 e. The third kappa shape index (κ3) is 3.34. The molecule has 1 fully saturated rings. The largest absolute Gasteiger partial charge is 0.347 e. The first-order valence-electron chi connectivity index (χ1n) is 7.63. The molecule has 0 spiro atoms. The van der Waals surface area contributed by atoms with Gasteiger partial charge in [0.1, 0.15) is 5.69 Å².